The number of nitrogens with zero attached hydrogens (tertiary/aromatic N) is 2. The van der Waals surface area contributed by atoms with E-state index in [4.69, 9.17) is 5.73 Å². The van der Waals surface area contributed by atoms with Crippen LogP contribution in [0.1, 0.15) is 19.8 Å². The molecule has 6 nitrogen and oxygen atoms in total. The summed E-state index contributed by atoms with van der Waals surface area (Å²) in [6.45, 7) is 1.54. The molecule has 1 aliphatic heterocycles. The molecule has 1 saturated heterocycles. The van der Waals surface area contributed by atoms with Gasteiger partial charge in [-0.05, 0) is 6.42 Å². The van der Waals surface area contributed by atoms with E-state index < -0.39 is 5.91 Å². The Labute approximate surface area is 81.6 Å². The van der Waals surface area contributed by atoms with Crippen LogP contribution < -0.4 is 5.73 Å². The second-order valence-electron chi connectivity index (χ2n) is 3.16. The molecule has 0 aromatic heterocycles. The largest absolute Gasteiger partial charge is 0.368 e. The number of nitrogens with two attached hydrogens (primary N) is 1. The number of hydrazine groups is 1. The predicted molar refractivity (Wildman–Crippen MR) is 47.5 cm³/mol. The van der Waals surface area contributed by atoms with Crippen molar-refractivity contribution in [2.45, 2.75) is 19.8 Å². The zero-order chi connectivity index (χ0) is 10.7. The topological polar surface area (TPSA) is 83.7 Å². The molecule has 0 aromatic carbocycles. The summed E-state index contributed by atoms with van der Waals surface area (Å²) in [4.78, 5) is 33.1. The standard InChI is InChI=1S/C8H13N3O3/c1-6(12)11(5-7(9)13)10-4-2-3-8(10)14/h2-5H2,1H3,(H2,9,13). The van der Waals surface area contributed by atoms with Crippen molar-refractivity contribution in [2.75, 3.05) is 13.1 Å². The van der Waals surface area contributed by atoms with E-state index >= 15 is 0 Å². The van der Waals surface area contributed by atoms with Crippen molar-refractivity contribution >= 4 is 17.7 Å². The first kappa shape index (κ1) is 10.5. The van der Waals surface area contributed by atoms with E-state index in [-0.39, 0.29) is 18.4 Å². The predicted octanol–water partition coefficient (Wildman–Crippen LogP) is -1.14. The van der Waals surface area contributed by atoms with Gasteiger partial charge in [-0.25, -0.2) is 5.01 Å². The van der Waals surface area contributed by atoms with Gasteiger partial charge in [-0.3, -0.25) is 19.4 Å². The van der Waals surface area contributed by atoms with Crippen LogP contribution in [0.25, 0.3) is 0 Å². The molecule has 0 aliphatic carbocycles. The quantitative estimate of drug-likeness (QED) is 0.623. The Kier molecular flexibility index (Phi) is 3.06. The van der Waals surface area contributed by atoms with Crippen LogP contribution >= 0.6 is 0 Å². The van der Waals surface area contributed by atoms with E-state index in [2.05, 4.69) is 0 Å². The lowest BCUT2D eigenvalue weighted by molar-refractivity contribution is -0.160. The summed E-state index contributed by atoms with van der Waals surface area (Å²) in [5.74, 6) is -1.11. The van der Waals surface area contributed by atoms with E-state index in [1.165, 1.54) is 11.9 Å². The summed E-state index contributed by atoms with van der Waals surface area (Å²) in [6.07, 6.45) is 1.13. The van der Waals surface area contributed by atoms with Crippen LogP contribution in [-0.2, 0) is 14.4 Å². The van der Waals surface area contributed by atoms with Gasteiger partial charge >= 0.3 is 0 Å². The second-order valence-corrected chi connectivity index (χ2v) is 3.16. The second kappa shape index (κ2) is 4.08. The average molecular weight is 199 g/mol. The van der Waals surface area contributed by atoms with Crippen LogP contribution in [-0.4, -0.2) is 40.8 Å². The van der Waals surface area contributed by atoms with Crippen molar-refractivity contribution in [3.63, 3.8) is 0 Å². The highest BCUT2D eigenvalue weighted by Gasteiger charge is 2.28. The molecule has 1 fully saturated rings. The van der Waals surface area contributed by atoms with E-state index in [0.717, 1.165) is 5.01 Å². The molecule has 78 valence electrons. The number of rotatable bonds is 3. The van der Waals surface area contributed by atoms with E-state index in [1.807, 2.05) is 0 Å². The summed E-state index contributed by atoms with van der Waals surface area (Å²) in [6, 6.07) is 0. The summed E-state index contributed by atoms with van der Waals surface area (Å²) >= 11 is 0. The fraction of sp³-hybridized carbons (Fsp3) is 0.625. The fourth-order valence-electron chi connectivity index (χ4n) is 1.40. The molecule has 1 heterocycles. The minimum Gasteiger partial charge on any atom is -0.368 e. The van der Waals surface area contributed by atoms with Gasteiger partial charge in [0.15, 0.2) is 0 Å². The van der Waals surface area contributed by atoms with Crippen molar-refractivity contribution in [3.05, 3.63) is 0 Å². The zero-order valence-electron chi connectivity index (χ0n) is 8.02. The van der Waals surface area contributed by atoms with Crippen molar-refractivity contribution in [3.8, 4) is 0 Å². The third-order valence-corrected chi connectivity index (χ3v) is 2.01. The van der Waals surface area contributed by atoms with Gasteiger partial charge in [0.05, 0.1) is 0 Å². The maximum atomic E-state index is 11.3. The summed E-state index contributed by atoms with van der Waals surface area (Å²) < 4.78 is 0. The molecular formula is C8H13N3O3. The van der Waals surface area contributed by atoms with E-state index in [9.17, 15) is 14.4 Å². The first-order chi connectivity index (χ1) is 6.52. The van der Waals surface area contributed by atoms with E-state index in [0.29, 0.717) is 19.4 Å². The number of carbonyl (C=O) groups excluding carboxylic acids is 3. The molecule has 1 rings (SSSR count). The minimum absolute atomic E-state index is 0.138. The number of hydrogen-bond donors (Lipinski definition) is 1. The van der Waals surface area contributed by atoms with Gasteiger partial charge in [-0.2, -0.15) is 0 Å². The minimum atomic E-state index is -0.625. The Balaban J connectivity index is 2.71. The molecule has 2 N–H and O–H groups in total. The van der Waals surface area contributed by atoms with Crippen molar-refractivity contribution in [2.24, 2.45) is 5.73 Å². The molecule has 0 unspecified atom stereocenters. The van der Waals surface area contributed by atoms with Crippen LogP contribution in [0.4, 0.5) is 0 Å². The number of carbonyl (C=O) groups is 3. The van der Waals surface area contributed by atoms with Gasteiger partial charge in [0.25, 0.3) is 0 Å². The smallest absolute Gasteiger partial charge is 0.241 e. The van der Waals surface area contributed by atoms with Crippen molar-refractivity contribution in [1.29, 1.82) is 0 Å². The van der Waals surface area contributed by atoms with Gasteiger partial charge in [-0.15, -0.1) is 0 Å². The molecular weight excluding hydrogens is 186 g/mol. The monoisotopic (exact) mass is 199 g/mol. The zero-order valence-corrected chi connectivity index (χ0v) is 8.02. The first-order valence-corrected chi connectivity index (χ1v) is 4.39. The lowest BCUT2D eigenvalue weighted by Gasteiger charge is -2.29. The van der Waals surface area contributed by atoms with Gasteiger partial charge in [0.2, 0.25) is 17.7 Å². The maximum Gasteiger partial charge on any atom is 0.241 e. The molecule has 3 amide bonds. The van der Waals surface area contributed by atoms with Crippen molar-refractivity contribution < 1.29 is 14.4 Å². The number of primary amides is 1. The molecule has 1 aliphatic rings. The van der Waals surface area contributed by atoms with Crippen LogP contribution in [0.2, 0.25) is 0 Å². The lowest BCUT2D eigenvalue weighted by atomic mass is 10.4. The highest BCUT2D eigenvalue weighted by molar-refractivity contribution is 5.86. The molecule has 14 heavy (non-hydrogen) atoms. The molecule has 0 radical (unpaired) electrons. The normalized spacial score (nSPS) is 15.8. The fourth-order valence-corrected chi connectivity index (χ4v) is 1.40. The third kappa shape index (κ3) is 2.21. The number of hydrogen-bond acceptors (Lipinski definition) is 3. The van der Waals surface area contributed by atoms with Crippen molar-refractivity contribution in [1.82, 2.24) is 10.0 Å². The molecule has 6 heteroatoms. The summed E-state index contributed by atoms with van der Waals surface area (Å²) in [5.41, 5.74) is 4.97. The SMILES string of the molecule is CC(=O)N(CC(N)=O)N1CCCC1=O. The summed E-state index contributed by atoms with van der Waals surface area (Å²) in [5, 5.41) is 2.38. The molecule has 0 bridgehead atoms. The van der Waals surface area contributed by atoms with Crippen LogP contribution in [0.5, 0.6) is 0 Å². The highest BCUT2D eigenvalue weighted by atomic mass is 16.2. The molecule has 0 saturated carbocycles. The Morgan fingerprint density at radius 1 is 1.57 bits per heavy atom. The Bertz CT molecular complexity index is 277. The Morgan fingerprint density at radius 2 is 2.21 bits per heavy atom. The Hall–Kier alpha value is -1.59. The number of amides is 3. The van der Waals surface area contributed by atoms with E-state index in [1.54, 1.807) is 0 Å². The first-order valence-electron chi connectivity index (χ1n) is 4.39. The molecule has 0 spiro atoms. The Morgan fingerprint density at radius 3 is 2.57 bits per heavy atom. The highest BCUT2D eigenvalue weighted by Crippen LogP contribution is 2.12. The third-order valence-electron chi connectivity index (χ3n) is 2.01. The van der Waals surface area contributed by atoms with Gasteiger partial charge in [0, 0.05) is 19.9 Å². The van der Waals surface area contributed by atoms with Crippen LogP contribution in [0.15, 0.2) is 0 Å². The maximum absolute atomic E-state index is 11.3. The lowest BCUT2D eigenvalue weighted by Crippen LogP contribution is -2.49. The van der Waals surface area contributed by atoms with Crippen LogP contribution in [0.3, 0.4) is 0 Å². The summed E-state index contributed by atoms with van der Waals surface area (Å²) in [7, 11) is 0. The average Bonchev–Trinajstić information content (AvgIpc) is 2.46. The van der Waals surface area contributed by atoms with Gasteiger partial charge in [-0.1, -0.05) is 0 Å². The van der Waals surface area contributed by atoms with Crippen LogP contribution in [0, 0.1) is 0 Å². The van der Waals surface area contributed by atoms with Gasteiger partial charge in [0.1, 0.15) is 6.54 Å². The molecule has 0 atom stereocenters. The molecule has 0 aromatic rings. The van der Waals surface area contributed by atoms with Gasteiger partial charge < -0.3 is 5.73 Å².